The zero-order chi connectivity index (χ0) is 30.2. The van der Waals surface area contributed by atoms with Crippen LogP contribution in [-0.2, 0) is 20.9 Å². The summed E-state index contributed by atoms with van der Waals surface area (Å²) >= 11 is 2.34. The molecular weight excluding hydrogens is 585 g/mol. The molecule has 11 heteroatoms. The first kappa shape index (κ1) is 29.5. The molecule has 0 spiro atoms. The molecule has 3 amide bonds. The number of amides is 3. The standard InChI is InChI=1S/C32H36N4O5S2/c1-4-33(5-2)21-11-9-20(10-12-21)25-26-27(30(39)36(29(26)38)22-13-15-23(41-3)16-14-22)42-31-28(25)43-32(40)35(31)19-24(37)34-17-7-6-8-18-34/h9-16,25-27H,4-8,17-19H2,1-3H3/t25-,26?,27?/m1/s1. The van der Waals surface area contributed by atoms with Gasteiger partial charge in [0, 0.05) is 42.7 Å². The maximum Gasteiger partial charge on any atom is 0.308 e. The summed E-state index contributed by atoms with van der Waals surface area (Å²) in [5, 5.41) is -0.0999. The molecular formula is C32H36N4O5S2. The summed E-state index contributed by atoms with van der Waals surface area (Å²) in [7, 11) is 1.57. The molecule has 0 bridgehead atoms. The topological polar surface area (TPSA) is 92.2 Å². The van der Waals surface area contributed by atoms with Gasteiger partial charge in [-0.1, -0.05) is 35.2 Å². The van der Waals surface area contributed by atoms with E-state index in [1.54, 1.807) is 31.4 Å². The van der Waals surface area contributed by atoms with Crippen molar-refractivity contribution < 1.29 is 19.1 Å². The van der Waals surface area contributed by atoms with Crippen molar-refractivity contribution in [2.45, 2.75) is 55.8 Å². The summed E-state index contributed by atoms with van der Waals surface area (Å²) in [5.41, 5.74) is 2.44. The van der Waals surface area contributed by atoms with Crippen molar-refractivity contribution in [2.24, 2.45) is 5.92 Å². The highest BCUT2D eigenvalue weighted by atomic mass is 32.2. The molecule has 0 N–H and O–H groups in total. The summed E-state index contributed by atoms with van der Waals surface area (Å²) in [5.74, 6) is -1.23. The molecule has 4 heterocycles. The number of fused-ring (bicyclic) bond motifs is 2. The number of hydrogen-bond donors (Lipinski definition) is 0. The molecule has 3 atom stereocenters. The number of anilines is 2. The number of methoxy groups -OCH3 is 1. The van der Waals surface area contributed by atoms with E-state index in [2.05, 4.69) is 18.7 Å². The normalized spacial score (nSPS) is 21.5. The van der Waals surface area contributed by atoms with Gasteiger partial charge in [0.2, 0.25) is 17.7 Å². The van der Waals surface area contributed by atoms with Gasteiger partial charge in [0.1, 0.15) is 17.5 Å². The highest BCUT2D eigenvalue weighted by Gasteiger charge is 2.56. The summed E-state index contributed by atoms with van der Waals surface area (Å²) in [6.07, 6.45) is 3.03. The van der Waals surface area contributed by atoms with E-state index in [0.29, 0.717) is 29.6 Å². The highest BCUT2D eigenvalue weighted by molar-refractivity contribution is 8.00. The second-order valence-corrected chi connectivity index (χ2v) is 13.2. The van der Waals surface area contributed by atoms with Crippen LogP contribution in [0.3, 0.4) is 0 Å². The van der Waals surface area contributed by atoms with Gasteiger partial charge in [0.25, 0.3) is 0 Å². The molecule has 0 saturated carbocycles. The van der Waals surface area contributed by atoms with E-state index in [-0.39, 0.29) is 29.1 Å². The lowest BCUT2D eigenvalue weighted by Gasteiger charge is -2.31. The van der Waals surface area contributed by atoms with Gasteiger partial charge >= 0.3 is 4.87 Å². The van der Waals surface area contributed by atoms with Gasteiger partial charge in [-0.2, -0.15) is 0 Å². The first-order valence-electron chi connectivity index (χ1n) is 14.9. The third-order valence-electron chi connectivity index (χ3n) is 8.76. The number of carbonyl (C=O) groups is 3. The smallest absolute Gasteiger partial charge is 0.308 e. The van der Waals surface area contributed by atoms with Crippen molar-refractivity contribution in [1.82, 2.24) is 9.47 Å². The third-order valence-corrected chi connectivity index (χ3v) is 11.4. The van der Waals surface area contributed by atoms with Crippen LogP contribution in [0.1, 0.15) is 49.5 Å². The first-order chi connectivity index (χ1) is 20.9. The Morgan fingerprint density at radius 3 is 2.23 bits per heavy atom. The van der Waals surface area contributed by atoms with Crippen molar-refractivity contribution in [3.05, 3.63) is 68.6 Å². The minimum absolute atomic E-state index is 0.0625. The van der Waals surface area contributed by atoms with Gasteiger partial charge in [-0.25, -0.2) is 4.90 Å². The van der Waals surface area contributed by atoms with Crippen LogP contribution in [0.5, 0.6) is 5.75 Å². The lowest BCUT2D eigenvalue weighted by Crippen LogP contribution is -2.39. The largest absolute Gasteiger partial charge is 0.497 e. The zero-order valence-electron chi connectivity index (χ0n) is 24.7. The van der Waals surface area contributed by atoms with Crippen LogP contribution in [0.4, 0.5) is 11.4 Å². The number of thiazole rings is 1. The van der Waals surface area contributed by atoms with E-state index in [0.717, 1.165) is 59.8 Å². The molecule has 3 aliphatic heterocycles. The third kappa shape index (κ3) is 5.26. The Labute approximate surface area is 259 Å². The van der Waals surface area contributed by atoms with Crippen LogP contribution in [0.15, 0.2) is 58.4 Å². The van der Waals surface area contributed by atoms with Crippen molar-refractivity contribution >= 4 is 52.2 Å². The number of ether oxygens (including phenoxy) is 1. The van der Waals surface area contributed by atoms with Crippen molar-refractivity contribution in [1.29, 1.82) is 0 Å². The Hall–Kier alpha value is -3.57. The number of likely N-dealkylation sites (tertiary alicyclic amines) is 1. The fourth-order valence-electron chi connectivity index (χ4n) is 6.46. The molecule has 3 aliphatic rings. The predicted octanol–water partition coefficient (Wildman–Crippen LogP) is 4.57. The Morgan fingerprint density at radius 2 is 1.60 bits per heavy atom. The number of nitrogens with zero attached hydrogens (tertiary/aromatic N) is 4. The number of hydrogen-bond acceptors (Lipinski definition) is 8. The van der Waals surface area contributed by atoms with Crippen LogP contribution < -0.4 is 19.4 Å². The van der Waals surface area contributed by atoms with Crippen LogP contribution in [0, 0.1) is 5.92 Å². The van der Waals surface area contributed by atoms with E-state index >= 15 is 0 Å². The number of benzene rings is 2. The van der Waals surface area contributed by atoms with Crippen LogP contribution in [0.2, 0.25) is 0 Å². The first-order valence-corrected chi connectivity index (χ1v) is 16.6. The van der Waals surface area contributed by atoms with Gasteiger partial charge < -0.3 is 14.5 Å². The van der Waals surface area contributed by atoms with Gasteiger partial charge in [-0.3, -0.25) is 23.7 Å². The van der Waals surface area contributed by atoms with E-state index in [4.69, 9.17) is 4.74 Å². The average molecular weight is 621 g/mol. The second-order valence-electron chi connectivity index (χ2n) is 11.1. The highest BCUT2D eigenvalue weighted by Crippen LogP contribution is 2.54. The van der Waals surface area contributed by atoms with Crippen molar-refractivity contribution in [3.63, 3.8) is 0 Å². The maximum atomic E-state index is 14.2. The van der Waals surface area contributed by atoms with Crippen LogP contribution in [-0.4, -0.2) is 65.7 Å². The second kappa shape index (κ2) is 12.2. The molecule has 2 fully saturated rings. The Bertz CT molecular complexity index is 1570. The number of aromatic nitrogens is 1. The maximum absolute atomic E-state index is 14.2. The molecule has 2 saturated heterocycles. The molecule has 226 valence electrons. The fraction of sp³-hybridized carbons (Fsp3) is 0.438. The number of piperidine rings is 1. The molecule has 0 aliphatic carbocycles. The van der Waals surface area contributed by atoms with Crippen LogP contribution >= 0.6 is 23.1 Å². The average Bonchev–Trinajstić information content (AvgIpc) is 3.48. The van der Waals surface area contributed by atoms with E-state index in [9.17, 15) is 19.2 Å². The lowest BCUT2D eigenvalue weighted by atomic mass is 9.83. The lowest BCUT2D eigenvalue weighted by molar-refractivity contribution is -0.133. The van der Waals surface area contributed by atoms with E-state index in [1.807, 2.05) is 29.2 Å². The zero-order valence-corrected chi connectivity index (χ0v) is 26.3. The Balaban J connectivity index is 1.42. The fourth-order valence-corrected chi connectivity index (χ4v) is 9.23. The van der Waals surface area contributed by atoms with Gasteiger partial charge in [-0.15, -0.1) is 0 Å². The van der Waals surface area contributed by atoms with Gasteiger partial charge in [-0.05, 0) is 75.1 Å². The number of rotatable bonds is 8. The summed E-state index contributed by atoms with van der Waals surface area (Å²) in [6.45, 7) is 7.27. The molecule has 3 aromatic rings. The van der Waals surface area contributed by atoms with E-state index in [1.165, 1.54) is 21.2 Å². The van der Waals surface area contributed by atoms with Gasteiger partial charge in [0.15, 0.2) is 0 Å². The molecule has 0 radical (unpaired) electrons. The SMILES string of the molecule is CCN(CC)c1ccc([C@H]2c3sc(=O)n(CC(=O)N4CCCCC4)c3SC3C(=O)N(c4ccc(OC)cc4)C(=O)C32)cc1. The van der Waals surface area contributed by atoms with Gasteiger partial charge in [0.05, 0.1) is 23.7 Å². The molecule has 1 aromatic heterocycles. The summed E-state index contributed by atoms with van der Waals surface area (Å²) in [6, 6.07) is 15.0. The number of imide groups is 1. The number of carbonyl (C=O) groups excluding carboxylic acids is 3. The van der Waals surface area contributed by atoms with Crippen molar-refractivity contribution in [3.8, 4) is 5.75 Å². The minimum atomic E-state index is -0.722. The van der Waals surface area contributed by atoms with E-state index < -0.39 is 17.1 Å². The summed E-state index contributed by atoms with van der Waals surface area (Å²) < 4.78 is 6.80. The van der Waals surface area contributed by atoms with Crippen molar-refractivity contribution in [2.75, 3.05) is 43.1 Å². The van der Waals surface area contributed by atoms with Crippen LogP contribution in [0.25, 0.3) is 0 Å². The summed E-state index contributed by atoms with van der Waals surface area (Å²) in [4.78, 5) is 60.7. The molecule has 6 rings (SSSR count). The minimum Gasteiger partial charge on any atom is -0.497 e. The quantitative estimate of drug-likeness (QED) is 0.341. The number of thioether (sulfide) groups is 1. The Kier molecular flexibility index (Phi) is 8.37. The molecule has 2 aromatic carbocycles. The monoisotopic (exact) mass is 620 g/mol. The molecule has 9 nitrogen and oxygen atoms in total. The molecule has 2 unspecified atom stereocenters. The Morgan fingerprint density at radius 1 is 0.930 bits per heavy atom. The predicted molar refractivity (Wildman–Crippen MR) is 169 cm³/mol. The molecule has 43 heavy (non-hydrogen) atoms.